The number of hydrogen-bond donors (Lipinski definition) is 2. The second-order valence-electron chi connectivity index (χ2n) is 4.21. The minimum Gasteiger partial charge on any atom is -0.389 e. The number of nitrogens with one attached hydrogen (secondary N) is 1. The van der Waals surface area contributed by atoms with E-state index < -0.39 is 0 Å². The molecule has 1 aromatic heterocycles. The van der Waals surface area contributed by atoms with Crippen molar-refractivity contribution in [1.29, 1.82) is 0 Å². The van der Waals surface area contributed by atoms with Gasteiger partial charge in [-0.2, -0.15) is 0 Å². The largest absolute Gasteiger partial charge is 0.389 e. The van der Waals surface area contributed by atoms with Crippen LogP contribution in [0.4, 0.5) is 5.69 Å². The number of rotatable bonds is 4. The van der Waals surface area contributed by atoms with Crippen molar-refractivity contribution in [3.05, 3.63) is 58.9 Å². The first-order chi connectivity index (χ1) is 9.08. The van der Waals surface area contributed by atoms with Crippen LogP contribution in [0.5, 0.6) is 0 Å². The van der Waals surface area contributed by atoms with Gasteiger partial charge >= 0.3 is 0 Å². The van der Waals surface area contributed by atoms with Crippen LogP contribution in [0.1, 0.15) is 24.1 Å². The highest BCUT2D eigenvalue weighted by atomic mass is 35.5. The molecule has 0 saturated heterocycles. The van der Waals surface area contributed by atoms with Crippen molar-refractivity contribution in [2.75, 3.05) is 5.32 Å². The predicted molar refractivity (Wildman–Crippen MR) is 83.6 cm³/mol. The molecule has 1 aromatic carbocycles. The third-order valence-corrected chi connectivity index (χ3v) is 3.33. The molecule has 0 fully saturated rings. The Hall–Kier alpha value is -1.65. The van der Waals surface area contributed by atoms with Crippen LogP contribution in [0.3, 0.4) is 0 Å². The number of halogens is 1. The van der Waals surface area contributed by atoms with Gasteiger partial charge in [0.25, 0.3) is 0 Å². The van der Waals surface area contributed by atoms with Crippen molar-refractivity contribution >= 4 is 34.5 Å². The average Bonchev–Trinajstić information content (AvgIpc) is 2.39. The zero-order valence-corrected chi connectivity index (χ0v) is 12.0. The van der Waals surface area contributed by atoms with Gasteiger partial charge < -0.3 is 11.1 Å². The second kappa shape index (κ2) is 5.99. The predicted octanol–water partition coefficient (Wildman–Crippen LogP) is 3.54. The second-order valence-corrected chi connectivity index (χ2v) is 5.06. The lowest BCUT2D eigenvalue weighted by atomic mass is 10.1. The van der Waals surface area contributed by atoms with Crippen molar-refractivity contribution in [3.8, 4) is 0 Å². The average molecular weight is 292 g/mol. The zero-order chi connectivity index (χ0) is 13.8. The fourth-order valence-electron chi connectivity index (χ4n) is 1.77. The van der Waals surface area contributed by atoms with Crippen molar-refractivity contribution in [1.82, 2.24) is 4.98 Å². The molecule has 5 heteroatoms. The third kappa shape index (κ3) is 3.43. The molecule has 0 radical (unpaired) electrons. The molecule has 0 aliphatic carbocycles. The maximum absolute atomic E-state index is 6.13. The lowest BCUT2D eigenvalue weighted by molar-refractivity contribution is 0.876. The van der Waals surface area contributed by atoms with Gasteiger partial charge in [-0.05, 0) is 36.8 Å². The van der Waals surface area contributed by atoms with E-state index in [2.05, 4.69) is 17.2 Å². The fraction of sp³-hybridized carbons (Fsp3) is 0.143. The van der Waals surface area contributed by atoms with E-state index >= 15 is 0 Å². The molecule has 2 aromatic rings. The van der Waals surface area contributed by atoms with Crippen molar-refractivity contribution < 1.29 is 0 Å². The Bertz CT molecular complexity index is 586. The molecule has 0 saturated carbocycles. The number of aromatic nitrogens is 1. The van der Waals surface area contributed by atoms with Gasteiger partial charge in [0.2, 0.25) is 0 Å². The number of hydrogen-bond acceptors (Lipinski definition) is 3. The first-order valence-corrected chi connectivity index (χ1v) is 6.62. The van der Waals surface area contributed by atoms with Crippen molar-refractivity contribution in [2.45, 2.75) is 13.0 Å². The summed E-state index contributed by atoms with van der Waals surface area (Å²) >= 11 is 11.1. The van der Waals surface area contributed by atoms with Crippen LogP contribution in [0, 0.1) is 0 Å². The summed E-state index contributed by atoms with van der Waals surface area (Å²) in [6, 6.07) is 9.63. The van der Waals surface area contributed by atoms with E-state index in [1.807, 2.05) is 36.5 Å². The minimum absolute atomic E-state index is 0.139. The van der Waals surface area contributed by atoms with Crippen LogP contribution in [0.2, 0.25) is 5.02 Å². The standard InChI is InChI=1S/C14H14ClN3S/c1-9(10-3-2-6-17-8-10)18-11-4-5-12(14(16)19)13(15)7-11/h2-9,18H,1H3,(H2,16,19). The Morgan fingerprint density at radius 2 is 2.21 bits per heavy atom. The van der Waals surface area contributed by atoms with Crippen LogP contribution in [-0.4, -0.2) is 9.97 Å². The molecule has 0 spiro atoms. The van der Waals surface area contributed by atoms with Gasteiger partial charge in [-0.15, -0.1) is 0 Å². The van der Waals surface area contributed by atoms with Crippen molar-refractivity contribution in [2.24, 2.45) is 5.73 Å². The minimum atomic E-state index is 0.139. The van der Waals surface area contributed by atoms with E-state index in [4.69, 9.17) is 29.6 Å². The first kappa shape index (κ1) is 13.8. The molecule has 19 heavy (non-hydrogen) atoms. The Morgan fingerprint density at radius 1 is 1.42 bits per heavy atom. The molecular formula is C14H14ClN3S. The van der Waals surface area contributed by atoms with E-state index in [-0.39, 0.29) is 6.04 Å². The summed E-state index contributed by atoms with van der Waals surface area (Å²) in [7, 11) is 0. The number of pyridine rings is 1. The number of nitrogens with zero attached hydrogens (tertiary/aromatic N) is 1. The highest BCUT2D eigenvalue weighted by Crippen LogP contribution is 2.24. The van der Waals surface area contributed by atoms with Crippen LogP contribution >= 0.6 is 23.8 Å². The van der Waals surface area contributed by atoms with E-state index in [0.29, 0.717) is 15.6 Å². The van der Waals surface area contributed by atoms with Crippen LogP contribution in [0.25, 0.3) is 0 Å². The van der Waals surface area contributed by atoms with Crippen LogP contribution < -0.4 is 11.1 Å². The topological polar surface area (TPSA) is 50.9 Å². The Balaban J connectivity index is 2.16. The summed E-state index contributed by atoms with van der Waals surface area (Å²) < 4.78 is 0. The molecule has 3 nitrogen and oxygen atoms in total. The molecule has 3 N–H and O–H groups in total. The third-order valence-electron chi connectivity index (χ3n) is 2.80. The molecule has 0 aliphatic heterocycles. The van der Waals surface area contributed by atoms with Gasteiger partial charge in [0.1, 0.15) is 4.99 Å². The van der Waals surface area contributed by atoms with E-state index in [9.17, 15) is 0 Å². The lowest BCUT2D eigenvalue weighted by Gasteiger charge is -2.16. The molecular weight excluding hydrogens is 278 g/mol. The summed E-state index contributed by atoms with van der Waals surface area (Å²) in [5, 5.41) is 3.91. The smallest absolute Gasteiger partial charge is 0.105 e. The highest BCUT2D eigenvalue weighted by Gasteiger charge is 2.08. The number of anilines is 1. The van der Waals surface area contributed by atoms with Gasteiger partial charge in [0.15, 0.2) is 0 Å². The van der Waals surface area contributed by atoms with Crippen LogP contribution in [0.15, 0.2) is 42.7 Å². The SMILES string of the molecule is CC(Nc1ccc(C(N)=S)c(Cl)c1)c1cccnc1. The molecule has 1 unspecified atom stereocenters. The van der Waals surface area contributed by atoms with Gasteiger partial charge in [0.05, 0.1) is 11.1 Å². The lowest BCUT2D eigenvalue weighted by Crippen LogP contribution is -2.11. The van der Waals surface area contributed by atoms with Gasteiger partial charge in [-0.1, -0.05) is 29.9 Å². The maximum Gasteiger partial charge on any atom is 0.105 e. The van der Waals surface area contributed by atoms with Crippen LogP contribution in [-0.2, 0) is 0 Å². The fourth-order valence-corrected chi connectivity index (χ4v) is 2.29. The Kier molecular flexibility index (Phi) is 4.35. The molecule has 1 atom stereocenters. The Labute approximate surface area is 122 Å². The number of thiocarbonyl (C=S) groups is 1. The summed E-state index contributed by atoms with van der Waals surface area (Å²) in [4.78, 5) is 4.41. The Morgan fingerprint density at radius 3 is 2.79 bits per heavy atom. The molecule has 1 heterocycles. The molecule has 0 aliphatic rings. The quantitative estimate of drug-likeness (QED) is 0.846. The van der Waals surface area contributed by atoms with E-state index in [1.165, 1.54) is 0 Å². The van der Waals surface area contributed by atoms with Gasteiger partial charge in [0, 0.05) is 23.6 Å². The highest BCUT2D eigenvalue weighted by molar-refractivity contribution is 7.80. The first-order valence-electron chi connectivity index (χ1n) is 5.83. The van der Waals surface area contributed by atoms with E-state index in [0.717, 1.165) is 11.3 Å². The van der Waals surface area contributed by atoms with E-state index in [1.54, 1.807) is 6.20 Å². The molecule has 0 bridgehead atoms. The molecule has 0 amide bonds. The summed E-state index contributed by atoms with van der Waals surface area (Å²) in [6.45, 7) is 2.06. The van der Waals surface area contributed by atoms with Gasteiger partial charge in [-0.25, -0.2) is 0 Å². The zero-order valence-electron chi connectivity index (χ0n) is 10.4. The normalized spacial score (nSPS) is 11.9. The summed E-state index contributed by atoms with van der Waals surface area (Å²) in [5.41, 5.74) is 8.29. The monoisotopic (exact) mass is 291 g/mol. The summed E-state index contributed by atoms with van der Waals surface area (Å²) in [5.74, 6) is 0. The number of nitrogens with two attached hydrogens (primary N) is 1. The molecule has 2 rings (SSSR count). The molecule has 98 valence electrons. The van der Waals surface area contributed by atoms with Crippen molar-refractivity contribution in [3.63, 3.8) is 0 Å². The summed E-state index contributed by atoms with van der Waals surface area (Å²) in [6.07, 6.45) is 3.59. The van der Waals surface area contributed by atoms with Gasteiger partial charge in [-0.3, -0.25) is 4.98 Å². The number of benzene rings is 1. The maximum atomic E-state index is 6.13.